The van der Waals surface area contributed by atoms with Crippen molar-refractivity contribution in [1.29, 1.82) is 0 Å². The van der Waals surface area contributed by atoms with Crippen molar-refractivity contribution in [3.05, 3.63) is 23.3 Å². The molecule has 0 aromatic carbocycles. The lowest BCUT2D eigenvalue weighted by Gasteiger charge is -2.16. The number of carboxylic acids is 2. The Morgan fingerprint density at radius 1 is 1.11 bits per heavy atom. The van der Waals surface area contributed by atoms with Crippen LogP contribution in [0.2, 0.25) is 0 Å². The first-order chi connectivity index (χ1) is 12.9. The van der Waals surface area contributed by atoms with E-state index in [4.69, 9.17) is 5.11 Å². The molecule has 0 unspecified atom stereocenters. The van der Waals surface area contributed by atoms with Gasteiger partial charge in [0.2, 0.25) is 0 Å². The monoisotopic (exact) mass is 382 g/mol. The minimum absolute atomic E-state index is 0.130. The van der Waals surface area contributed by atoms with Crippen molar-refractivity contribution in [2.24, 2.45) is 5.92 Å². The van der Waals surface area contributed by atoms with Crippen LogP contribution in [0.4, 0.5) is 0 Å². The number of hydrogen-bond donors (Lipinski definition) is 4. The van der Waals surface area contributed by atoms with Crippen molar-refractivity contribution in [1.82, 2.24) is 0 Å². The van der Waals surface area contributed by atoms with Crippen LogP contribution in [0, 0.1) is 5.92 Å². The van der Waals surface area contributed by atoms with Crippen molar-refractivity contribution in [2.45, 2.75) is 89.8 Å². The SMILES string of the molecule is CCCCC[C@H](O)/C=C/[C@@H]1C(CCCCCCC(=O)O)=C(C(=O)O)C[C@H]1O. The van der Waals surface area contributed by atoms with Crippen molar-refractivity contribution < 1.29 is 30.0 Å². The van der Waals surface area contributed by atoms with Crippen molar-refractivity contribution in [2.75, 3.05) is 0 Å². The van der Waals surface area contributed by atoms with E-state index in [0.29, 0.717) is 19.3 Å². The smallest absolute Gasteiger partial charge is 0.331 e. The molecule has 0 amide bonds. The molecule has 0 bridgehead atoms. The van der Waals surface area contributed by atoms with E-state index in [1.54, 1.807) is 12.2 Å². The van der Waals surface area contributed by atoms with Crippen molar-refractivity contribution >= 4 is 11.9 Å². The molecule has 0 aliphatic heterocycles. The molecule has 27 heavy (non-hydrogen) atoms. The maximum absolute atomic E-state index is 11.5. The molecule has 1 aliphatic carbocycles. The zero-order valence-corrected chi connectivity index (χ0v) is 16.3. The Morgan fingerprint density at radius 3 is 2.44 bits per heavy atom. The van der Waals surface area contributed by atoms with Crippen molar-refractivity contribution in [3.8, 4) is 0 Å². The average molecular weight is 382 g/mol. The minimum Gasteiger partial charge on any atom is -0.481 e. The van der Waals surface area contributed by atoms with Crippen LogP contribution in [-0.2, 0) is 9.59 Å². The Bertz CT molecular complexity index is 537. The second-order valence-corrected chi connectivity index (χ2v) is 7.36. The molecule has 6 nitrogen and oxygen atoms in total. The van der Waals surface area contributed by atoms with Gasteiger partial charge in [-0.3, -0.25) is 4.79 Å². The summed E-state index contributed by atoms with van der Waals surface area (Å²) in [5.74, 6) is -2.15. The second-order valence-electron chi connectivity index (χ2n) is 7.36. The third kappa shape index (κ3) is 8.71. The highest BCUT2D eigenvalue weighted by molar-refractivity contribution is 5.88. The molecule has 6 heteroatoms. The molecule has 0 aromatic heterocycles. The van der Waals surface area contributed by atoms with Crippen LogP contribution in [0.25, 0.3) is 0 Å². The highest BCUT2D eigenvalue weighted by Gasteiger charge is 2.34. The Labute approximate surface area is 161 Å². The number of aliphatic carboxylic acids is 2. The molecule has 1 aliphatic rings. The van der Waals surface area contributed by atoms with Gasteiger partial charge in [-0.15, -0.1) is 0 Å². The largest absolute Gasteiger partial charge is 0.481 e. The fourth-order valence-electron chi connectivity index (χ4n) is 3.58. The molecule has 0 radical (unpaired) electrons. The van der Waals surface area contributed by atoms with E-state index < -0.39 is 24.1 Å². The van der Waals surface area contributed by atoms with Gasteiger partial charge in [-0.05, 0) is 25.7 Å². The minimum atomic E-state index is -0.991. The van der Waals surface area contributed by atoms with Gasteiger partial charge in [-0.2, -0.15) is 0 Å². The predicted molar refractivity (Wildman–Crippen MR) is 103 cm³/mol. The van der Waals surface area contributed by atoms with Gasteiger partial charge in [0.15, 0.2) is 0 Å². The number of unbranched alkanes of at least 4 members (excludes halogenated alkanes) is 5. The topological polar surface area (TPSA) is 115 Å². The third-order valence-corrected chi connectivity index (χ3v) is 5.11. The lowest BCUT2D eigenvalue weighted by Crippen LogP contribution is -2.15. The molecule has 0 saturated carbocycles. The summed E-state index contributed by atoms with van der Waals surface area (Å²) >= 11 is 0. The van der Waals surface area contributed by atoms with Gasteiger partial charge in [-0.1, -0.05) is 56.8 Å². The van der Waals surface area contributed by atoms with Crippen LogP contribution in [0.15, 0.2) is 23.3 Å². The van der Waals surface area contributed by atoms with Crippen LogP contribution in [-0.4, -0.2) is 44.6 Å². The van der Waals surface area contributed by atoms with E-state index in [9.17, 15) is 24.9 Å². The van der Waals surface area contributed by atoms with Crippen LogP contribution in [0.1, 0.15) is 77.6 Å². The van der Waals surface area contributed by atoms with E-state index in [1.807, 2.05) is 0 Å². The van der Waals surface area contributed by atoms with Crippen LogP contribution >= 0.6 is 0 Å². The Kier molecular flexibility index (Phi) is 11.0. The summed E-state index contributed by atoms with van der Waals surface area (Å²) < 4.78 is 0. The number of aliphatic hydroxyl groups excluding tert-OH is 2. The summed E-state index contributed by atoms with van der Waals surface area (Å²) in [6.45, 7) is 2.10. The predicted octanol–water partition coefficient (Wildman–Crippen LogP) is 3.67. The first kappa shape index (κ1) is 23.4. The van der Waals surface area contributed by atoms with Crippen LogP contribution < -0.4 is 0 Å². The van der Waals surface area contributed by atoms with Gasteiger partial charge in [0.25, 0.3) is 0 Å². The molecule has 0 fully saturated rings. The van der Waals surface area contributed by atoms with E-state index >= 15 is 0 Å². The molecule has 4 N–H and O–H groups in total. The molecular weight excluding hydrogens is 348 g/mol. The molecule has 0 saturated heterocycles. The van der Waals surface area contributed by atoms with E-state index in [-0.39, 0.29) is 24.3 Å². The van der Waals surface area contributed by atoms with Crippen LogP contribution in [0.3, 0.4) is 0 Å². The van der Waals surface area contributed by atoms with E-state index in [2.05, 4.69) is 6.92 Å². The van der Waals surface area contributed by atoms with E-state index in [1.165, 1.54) is 0 Å². The first-order valence-electron chi connectivity index (χ1n) is 10.1. The molecule has 0 heterocycles. The van der Waals surface area contributed by atoms with Gasteiger partial charge in [0, 0.05) is 24.3 Å². The first-order valence-corrected chi connectivity index (χ1v) is 10.1. The number of carboxylic acid groups (broad SMARTS) is 2. The molecule has 0 aromatic rings. The fraction of sp³-hybridized carbons (Fsp3) is 0.714. The molecule has 1 rings (SSSR count). The summed E-state index contributed by atoms with van der Waals surface area (Å²) in [6, 6.07) is 0. The van der Waals surface area contributed by atoms with Gasteiger partial charge >= 0.3 is 11.9 Å². The zero-order valence-electron chi connectivity index (χ0n) is 16.3. The Morgan fingerprint density at radius 2 is 1.81 bits per heavy atom. The number of rotatable bonds is 14. The second kappa shape index (κ2) is 12.7. The maximum Gasteiger partial charge on any atom is 0.331 e. The quantitative estimate of drug-likeness (QED) is 0.269. The van der Waals surface area contributed by atoms with Gasteiger partial charge in [0.1, 0.15) is 0 Å². The molecule has 3 atom stereocenters. The number of aliphatic hydroxyl groups is 2. The molecule has 0 spiro atoms. The summed E-state index contributed by atoms with van der Waals surface area (Å²) in [6.07, 6.45) is 9.72. The number of hydrogen-bond acceptors (Lipinski definition) is 4. The van der Waals surface area contributed by atoms with Crippen molar-refractivity contribution in [3.63, 3.8) is 0 Å². The Balaban J connectivity index is 2.62. The Hall–Kier alpha value is -1.66. The van der Waals surface area contributed by atoms with Gasteiger partial charge in [0.05, 0.1) is 12.2 Å². The normalized spacial score (nSPS) is 21.1. The number of carbonyl (C=O) groups is 2. The summed E-state index contributed by atoms with van der Waals surface area (Å²) in [4.78, 5) is 22.0. The maximum atomic E-state index is 11.5. The lowest BCUT2D eigenvalue weighted by atomic mass is 9.92. The highest BCUT2D eigenvalue weighted by atomic mass is 16.4. The fourth-order valence-corrected chi connectivity index (χ4v) is 3.58. The zero-order chi connectivity index (χ0) is 20.2. The van der Waals surface area contributed by atoms with Crippen LogP contribution in [0.5, 0.6) is 0 Å². The summed E-state index contributed by atoms with van der Waals surface area (Å²) in [5, 5.41) is 38.4. The lowest BCUT2D eigenvalue weighted by molar-refractivity contribution is -0.137. The molecule has 154 valence electrons. The summed E-state index contributed by atoms with van der Waals surface area (Å²) in [5.41, 5.74) is 1.02. The van der Waals surface area contributed by atoms with Gasteiger partial charge < -0.3 is 20.4 Å². The third-order valence-electron chi connectivity index (χ3n) is 5.11. The highest BCUT2D eigenvalue weighted by Crippen LogP contribution is 2.37. The van der Waals surface area contributed by atoms with E-state index in [0.717, 1.165) is 44.1 Å². The standard InChI is InChI=1S/C21H34O6/c1-2-3-6-9-15(22)12-13-17-16(18(21(26)27)14-19(17)23)10-7-4-5-8-11-20(24)25/h12-13,15,17,19,22-23H,2-11,14H2,1H3,(H,24,25)(H,26,27)/b13-12+/t15-,17+,19+/m0/s1. The summed E-state index contributed by atoms with van der Waals surface area (Å²) in [7, 11) is 0. The average Bonchev–Trinajstić information content (AvgIpc) is 2.92. The molecular formula is C21H34O6. The van der Waals surface area contributed by atoms with Gasteiger partial charge in [-0.25, -0.2) is 4.79 Å².